The maximum Gasteiger partial charge on any atom is 0.258 e. The first-order valence-corrected chi connectivity index (χ1v) is 7.79. The maximum absolute atomic E-state index is 13.8. The van der Waals surface area contributed by atoms with E-state index >= 15 is 0 Å². The van der Waals surface area contributed by atoms with Gasteiger partial charge in [0.15, 0.2) is 0 Å². The number of nitrogens with zero attached hydrogens (tertiary/aromatic N) is 1. The van der Waals surface area contributed by atoms with Crippen molar-refractivity contribution >= 4 is 23.2 Å². The molecule has 0 bridgehead atoms. The number of hydrogen-bond donors (Lipinski definition) is 1. The van der Waals surface area contributed by atoms with Crippen molar-refractivity contribution in [2.75, 3.05) is 5.32 Å². The molecular weight excluding hydrogens is 339 g/mol. The third-order valence-electron chi connectivity index (χ3n) is 3.29. The standard InChI is InChI=1S/C20H12ClFN2O/c21-15-8-10-19(22)18(13-15)20(25)24-17-6-3-4-14(12-17)7-9-16-5-1-2-11-23-16/h1-6,8,10-13H,(H,24,25). The first kappa shape index (κ1) is 16.7. The van der Waals surface area contributed by atoms with Crippen LogP contribution < -0.4 is 5.32 Å². The molecule has 0 saturated heterocycles. The molecule has 5 heteroatoms. The lowest BCUT2D eigenvalue weighted by molar-refractivity contribution is 0.102. The van der Waals surface area contributed by atoms with Gasteiger partial charge in [-0.2, -0.15) is 0 Å². The minimum atomic E-state index is -0.631. The number of nitrogens with one attached hydrogen (secondary N) is 1. The van der Waals surface area contributed by atoms with E-state index in [2.05, 4.69) is 22.1 Å². The molecule has 3 nitrogen and oxygen atoms in total. The minimum Gasteiger partial charge on any atom is -0.322 e. The molecule has 1 heterocycles. The number of halogens is 2. The fourth-order valence-corrected chi connectivity index (χ4v) is 2.29. The molecule has 0 aliphatic heterocycles. The molecule has 122 valence electrons. The largest absolute Gasteiger partial charge is 0.322 e. The average Bonchev–Trinajstić information content (AvgIpc) is 2.63. The molecule has 0 radical (unpaired) electrons. The lowest BCUT2D eigenvalue weighted by Crippen LogP contribution is -2.13. The predicted molar refractivity (Wildman–Crippen MR) is 96.0 cm³/mol. The summed E-state index contributed by atoms with van der Waals surface area (Å²) in [5, 5.41) is 2.94. The summed E-state index contributed by atoms with van der Waals surface area (Å²) in [6.07, 6.45) is 1.67. The van der Waals surface area contributed by atoms with Gasteiger partial charge in [-0.3, -0.25) is 4.79 Å². The highest BCUT2D eigenvalue weighted by Gasteiger charge is 2.12. The van der Waals surface area contributed by atoms with Crippen LogP contribution in [-0.4, -0.2) is 10.9 Å². The molecule has 1 aromatic heterocycles. The van der Waals surface area contributed by atoms with Crippen LogP contribution in [0, 0.1) is 17.7 Å². The Hall–Kier alpha value is -3.16. The Balaban J connectivity index is 1.79. The highest BCUT2D eigenvalue weighted by Crippen LogP contribution is 2.17. The molecule has 0 aliphatic rings. The summed E-state index contributed by atoms with van der Waals surface area (Å²) < 4.78 is 13.8. The monoisotopic (exact) mass is 350 g/mol. The van der Waals surface area contributed by atoms with E-state index in [-0.39, 0.29) is 5.56 Å². The molecule has 0 atom stereocenters. The highest BCUT2D eigenvalue weighted by atomic mass is 35.5. The van der Waals surface area contributed by atoms with Gasteiger partial charge in [-0.25, -0.2) is 9.37 Å². The molecule has 2 aromatic carbocycles. The molecule has 3 aromatic rings. The highest BCUT2D eigenvalue weighted by molar-refractivity contribution is 6.31. The van der Waals surface area contributed by atoms with Crippen molar-refractivity contribution in [1.82, 2.24) is 4.98 Å². The van der Waals surface area contributed by atoms with Gasteiger partial charge in [0.05, 0.1) is 5.56 Å². The smallest absolute Gasteiger partial charge is 0.258 e. The van der Waals surface area contributed by atoms with E-state index in [4.69, 9.17) is 11.6 Å². The number of amides is 1. The Morgan fingerprint density at radius 2 is 1.92 bits per heavy atom. The zero-order valence-electron chi connectivity index (χ0n) is 13.0. The predicted octanol–water partition coefficient (Wildman–Crippen LogP) is 4.53. The third kappa shape index (κ3) is 4.43. The van der Waals surface area contributed by atoms with E-state index in [1.807, 2.05) is 18.2 Å². The molecule has 3 rings (SSSR count). The lowest BCUT2D eigenvalue weighted by Gasteiger charge is -2.07. The molecule has 0 saturated carbocycles. The van der Waals surface area contributed by atoms with E-state index in [0.29, 0.717) is 22.0 Å². The first-order chi connectivity index (χ1) is 12.1. The average molecular weight is 351 g/mol. The van der Waals surface area contributed by atoms with Gasteiger partial charge in [0.1, 0.15) is 11.5 Å². The van der Waals surface area contributed by atoms with Crippen LogP contribution in [0.1, 0.15) is 21.6 Å². The molecule has 0 unspecified atom stereocenters. The van der Waals surface area contributed by atoms with Gasteiger partial charge < -0.3 is 5.32 Å². The fourth-order valence-electron chi connectivity index (χ4n) is 2.12. The minimum absolute atomic E-state index is 0.113. The van der Waals surface area contributed by atoms with E-state index < -0.39 is 11.7 Å². The van der Waals surface area contributed by atoms with E-state index in [0.717, 1.165) is 6.07 Å². The topological polar surface area (TPSA) is 42.0 Å². The van der Waals surface area contributed by atoms with E-state index in [1.165, 1.54) is 12.1 Å². The summed E-state index contributed by atoms with van der Waals surface area (Å²) >= 11 is 5.82. The van der Waals surface area contributed by atoms with Gasteiger partial charge in [-0.05, 0) is 54.5 Å². The number of benzene rings is 2. The van der Waals surface area contributed by atoms with Gasteiger partial charge >= 0.3 is 0 Å². The van der Waals surface area contributed by atoms with Gasteiger partial charge in [-0.15, -0.1) is 0 Å². The zero-order chi connectivity index (χ0) is 17.6. The van der Waals surface area contributed by atoms with Crippen molar-refractivity contribution in [2.24, 2.45) is 0 Å². The van der Waals surface area contributed by atoms with Crippen molar-refractivity contribution in [3.8, 4) is 11.8 Å². The molecule has 0 spiro atoms. The van der Waals surface area contributed by atoms with Gasteiger partial charge in [-0.1, -0.05) is 29.7 Å². The van der Waals surface area contributed by atoms with Crippen molar-refractivity contribution in [1.29, 1.82) is 0 Å². The van der Waals surface area contributed by atoms with Crippen LogP contribution in [0.2, 0.25) is 5.02 Å². The maximum atomic E-state index is 13.8. The molecular formula is C20H12ClFN2O. The quantitative estimate of drug-likeness (QED) is 0.690. The van der Waals surface area contributed by atoms with Crippen molar-refractivity contribution in [2.45, 2.75) is 0 Å². The Morgan fingerprint density at radius 3 is 2.72 bits per heavy atom. The molecule has 0 fully saturated rings. The van der Waals surface area contributed by atoms with Gasteiger partial charge in [0, 0.05) is 22.5 Å². The number of carbonyl (C=O) groups is 1. The SMILES string of the molecule is O=C(Nc1cccc(C#Cc2ccccn2)c1)c1cc(Cl)ccc1F. The summed E-state index contributed by atoms with van der Waals surface area (Å²) in [5.74, 6) is 4.71. The second-order valence-electron chi connectivity index (χ2n) is 5.12. The van der Waals surface area contributed by atoms with Crippen LogP contribution in [0.3, 0.4) is 0 Å². The number of aromatic nitrogens is 1. The van der Waals surface area contributed by atoms with Crippen molar-refractivity contribution in [3.63, 3.8) is 0 Å². The Kier molecular flexibility index (Phi) is 5.08. The van der Waals surface area contributed by atoms with Crippen LogP contribution in [0.15, 0.2) is 66.9 Å². The Morgan fingerprint density at radius 1 is 1.04 bits per heavy atom. The second-order valence-corrected chi connectivity index (χ2v) is 5.56. The van der Waals surface area contributed by atoms with Crippen molar-refractivity contribution in [3.05, 3.63) is 94.5 Å². The molecule has 1 N–H and O–H groups in total. The molecule has 1 amide bonds. The Labute approximate surface area is 149 Å². The molecule has 25 heavy (non-hydrogen) atoms. The first-order valence-electron chi connectivity index (χ1n) is 7.41. The normalized spacial score (nSPS) is 9.84. The summed E-state index contributed by atoms with van der Waals surface area (Å²) in [6, 6.07) is 16.3. The summed E-state index contributed by atoms with van der Waals surface area (Å²) in [5.41, 5.74) is 1.75. The summed E-state index contributed by atoms with van der Waals surface area (Å²) in [7, 11) is 0. The van der Waals surface area contributed by atoms with E-state index in [1.54, 1.807) is 30.5 Å². The number of hydrogen-bond acceptors (Lipinski definition) is 2. The summed E-state index contributed by atoms with van der Waals surface area (Å²) in [4.78, 5) is 16.3. The number of rotatable bonds is 2. The van der Waals surface area contributed by atoms with Crippen LogP contribution in [0.4, 0.5) is 10.1 Å². The van der Waals surface area contributed by atoms with Crippen LogP contribution in [0.5, 0.6) is 0 Å². The van der Waals surface area contributed by atoms with E-state index in [9.17, 15) is 9.18 Å². The number of pyridine rings is 1. The van der Waals surface area contributed by atoms with Crippen LogP contribution in [-0.2, 0) is 0 Å². The van der Waals surface area contributed by atoms with Crippen LogP contribution >= 0.6 is 11.6 Å². The van der Waals surface area contributed by atoms with Gasteiger partial charge in [0.2, 0.25) is 0 Å². The zero-order valence-corrected chi connectivity index (χ0v) is 13.7. The van der Waals surface area contributed by atoms with Crippen molar-refractivity contribution < 1.29 is 9.18 Å². The third-order valence-corrected chi connectivity index (χ3v) is 3.53. The number of carbonyl (C=O) groups excluding carboxylic acids is 1. The second kappa shape index (κ2) is 7.61. The van der Waals surface area contributed by atoms with Gasteiger partial charge in [0.25, 0.3) is 5.91 Å². The Bertz CT molecular complexity index is 978. The number of anilines is 1. The fraction of sp³-hybridized carbons (Fsp3) is 0. The summed E-state index contributed by atoms with van der Waals surface area (Å²) in [6.45, 7) is 0. The lowest BCUT2D eigenvalue weighted by atomic mass is 10.1. The van der Waals surface area contributed by atoms with Crippen LogP contribution in [0.25, 0.3) is 0 Å². The molecule has 0 aliphatic carbocycles.